The van der Waals surface area contributed by atoms with Crippen LogP contribution in [0.5, 0.6) is 5.75 Å². The Bertz CT molecular complexity index is 1200. The van der Waals surface area contributed by atoms with E-state index in [2.05, 4.69) is 5.32 Å². The number of para-hydroxylation sites is 1. The predicted molar refractivity (Wildman–Crippen MR) is 101 cm³/mol. The number of rotatable bonds is 2. The van der Waals surface area contributed by atoms with Crippen molar-refractivity contribution in [1.82, 2.24) is 9.88 Å². The van der Waals surface area contributed by atoms with Crippen molar-refractivity contribution in [2.45, 2.75) is 25.1 Å². The lowest BCUT2D eigenvalue weighted by atomic mass is 10.0. The van der Waals surface area contributed by atoms with Gasteiger partial charge in [0.25, 0.3) is 11.5 Å². The Kier molecular flexibility index (Phi) is 4.37. The lowest BCUT2D eigenvalue weighted by Crippen LogP contribution is -2.30. The molecule has 0 saturated carbocycles. The molecule has 0 radical (unpaired) electrons. The van der Waals surface area contributed by atoms with Crippen LogP contribution in [0.15, 0.2) is 47.3 Å². The van der Waals surface area contributed by atoms with Crippen LogP contribution in [0.25, 0.3) is 10.9 Å². The molecule has 0 spiro atoms. The fraction of sp³-hybridized carbons (Fsp3) is 0.238. The molecule has 1 amide bonds. The van der Waals surface area contributed by atoms with Crippen LogP contribution < -0.4 is 10.9 Å². The van der Waals surface area contributed by atoms with Gasteiger partial charge in [0, 0.05) is 12.4 Å². The van der Waals surface area contributed by atoms with Gasteiger partial charge >= 0.3 is 6.18 Å². The summed E-state index contributed by atoms with van der Waals surface area (Å²) < 4.78 is 40.4. The van der Waals surface area contributed by atoms with Crippen molar-refractivity contribution < 1.29 is 23.1 Å². The third-order valence-electron chi connectivity index (χ3n) is 5.36. The minimum Gasteiger partial charge on any atom is -0.502 e. The third kappa shape index (κ3) is 3.14. The van der Waals surface area contributed by atoms with Crippen molar-refractivity contribution in [3.8, 4) is 5.75 Å². The van der Waals surface area contributed by atoms with E-state index in [-0.39, 0.29) is 5.56 Å². The number of nitrogens with one attached hydrogen (secondary N) is 1. The average Bonchev–Trinajstić information content (AvgIpc) is 3.08. The Morgan fingerprint density at radius 3 is 2.66 bits per heavy atom. The summed E-state index contributed by atoms with van der Waals surface area (Å²) in [5.74, 6) is -1.39. The lowest BCUT2D eigenvalue weighted by molar-refractivity contribution is -0.137. The molecular formula is C21H17F3N2O3. The molecular weight excluding hydrogens is 385 g/mol. The zero-order chi connectivity index (χ0) is 20.9. The second-order valence-corrected chi connectivity index (χ2v) is 7.08. The standard InChI is InChI=1S/C21H17F3N2O3/c1-26-16-5-3-2-4-13(16)17(18(27)20(26)29)19(28)25-15-9-7-11-6-8-12(10-14(11)15)21(22,23)24/h2-6,8,10,15,27H,7,9H2,1H3,(H,25,28). The maximum atomic E-state index is 13.1. The molecule has 3 aromatic rings. The SMILES string of the molecule is Cn1c(=O)c(O)c(C(=O)NC2CCc3ccc(C(F)(F)F)cc32)c2ccccc21. The van der Waals surface area contributed by atoms with Crippen LogP contribution in [-0.4, -0.2) is 15.6 Å². The molecule has 29 heavy (non-hydrogen) atoms. The zero-order valence-electron chi connectivity index (χ0n) is 15.4. The number of pyridine rings is 1. The number of aryl methyl sites for hydroxylation is 2. The van der Waals surface area contributed by atoms with Gasteiger partial charge in [-0.25, -0.2) is 0 Å². The van der Waals surface area contributed by atoms with Crippen LogP contribution in [-0.2, 0) is 19.6 Å². The van der Waals surface area contributed by atoms with Crippen LogP contribution in [0.1, 0.15) is 39.5 Å². The van der Waals surface area contributed by atoms with Gasteiger partial charge in [-0.3, -0.25) is 9.59 Å². The second-order valence-electron chi connectivity index (χ2n) is 7.08. The van der Waals surface area contributed by atoms with E-state index in [1.807, 2.05) is 0 Å². The van der Waals surface area contributed by atoms with E-state index in [9.17, 15) is 27.9 Å². The number of aromatic hydroxyl groups is 1. The van der Waals surface area contributed by atoms with Gasteiger partial charge in [0.2, 0.25) is 0 Å². The molecule has 2 aromatic carbocycles. The first-order valence-electron chi connectivity index (χ1n) is 9.00. The zero-order valence-corrected chi connectivity index (χ0v) is 15.4. The van der Waals surface area contributed by atoms with Gasteiger partial charge in [0.1, 0.15) is 0 Å². The highest BCUT2D eigenvalue weighted by atomic mass is 19.4. The molecule has 0 aliphatic heterocycles. The molecule has 2 N–H and O–H groups in total. The molecule has 5 nitrogen and oxygen atoms in total. The van der Waals surface area contributed by atoms with Crippen LogP contribution in [0, 0.1) is 0 Å². The highest BCUT2D eigenvalue weighted by Gasteiger charge is 2.34. The first-order chi connectivity index (χ1) is 13.7. The molecule has 1 aromatic heterocycles. The van der Waals surface area contributed by atoms with Crippen LogP contribution >= 0.6 is 0 Å². The minimum atomic E-state index is -4.48. The molecule has 0 bridgehead atoms. The smallest absolute Gasteiger partial charge is 0.416 e. The van der Waals surface area contributed by atoms with E-state index >= 15 is 0 Å². The summed E-state index contributed by atoms with van der Waals surface area (Å²) >= 11 is 0. The molecule has 8 heteroatoms. The van der Waals surface area contributed by atoms with Crippen molar-refractivity contribution in [2.24, 2.45) is 7.05 Å². The van der Waals surface area contributed by atoms with Crippen molar-refractivity contribution >= 4 is 16.8 Å². The molecule has 1 unspecified atom stereocenters. The monoisotopic (exact) mass is 402 g/mol. The van der Waals surface area contributed by atoms with Crippen molar-refractivity contribution in [3.63, 3.8) is 0 Å². The number of benzene rings is 2. The average molecular weight is 402 g/mol. The first kappa shape index (κ1) is 19.0. The van der Waals surface area contributed by atoms with E-state index in [0.717, 1.165) is 17.7 Å². The number of fused-ring (bicyclic) bond motifs is 2. The summed E-state index contributed by atoms with van der Waals surface area (Å²) in [5.41, 5.74) is -0.0720. The summed E-state index contributed by atoms with van der Waals surface area (Å²) in [6, 6.07) is 9.49. The summed E-state index contributed by atoms with van der Waals surface area (Å²) in [4.78, 5) is 25.3. The Morgan fingerprint density at radius 1 is 1.21 bits per heavy atom. The molecule has 0 saturated heterocycles. The number of aromatic nitrogens is 1. The lowest BCUT2D eigenvalue weighted by Gasteiger charge is -2.18. The topological polar surface area (TPSA) is 71.3 Å². The number of alkyl halides is 3. The predicted octanol–water partition coefficient (Wildman–Crippen LogP) is 3.68. The maximum Gasteiger partial charge on any atom is 0.416 e. The largest absolute Gasteiger partial charge is 0.502 e. The maximum absolute atomic E-state index is 13.1. The summed E-state index contributed by atoms with van der Waals surface area (Å²) in [6.45, 7) is 0. The summed E-state index contributed by atoms with van der Waals surface area (Å²) in [7, 11) is 1.48. The molecule has 1 aliphatic carbocycles. The Morgan fingerprint density at radius 2 is 1.93 bits per heavy atom. The molecule has 150 valence electrons. The quantitative estimate of drug-likeness (QED) is 0.687. The van der Waals surface area contributed by atoms with Gasteiger partial charge in [0.05, 0.1) is 22.7 Å². The number of nitrogens with zero attached hydrogens (tertiary/aromatic N) is 1. The second kappa shape index (κ2) is 6.65. The first-order valence-corrected chi connectivity index (χ1v) is 9.00. The number of amides is 1. The van der Waals surface area contributed by atoms with E-state index in [1.165, 1.54) is 17.7 Å². The van der Waals surface area contributed by atoms with Crippen molar-refractivity contribution in [1.29, 1.82) is 0 Å². The summed E-state index contributed by atoms with van der Waals surface area (Å²) in [6.07, 6.45) is -3.51. The molecule has 1 atom stereocenters. The fourth-order valence-corrected chi connectivity index (χ4v) is 3.87. The molecule has 1 heterocycles. The Balaban J connectivity index is 1.74. The molecule has 0 fully saturated rings. The van der Waals surface area contributed by atoms with E-state index in [1.54, 1.807) is 24.3 Å². The number of halogens is 3. The summed E-state index contributed by atoms with van der Waals surface area (Å²) in [5, 5.41) is 13.4. The van der Waals surface area contributed by atoms with E-state index < -0.39 is 35.0 Å². The van der Waals surface area contributed by atoms with Gasteiger partial charge in [-0.15, -0.1) is 0 Å². The normalized spacial score (nSPS) is 16.1. The van der Waals surface area contributed by atoms with Crippen LogP contribution in [0.4, 0.5) is 13.2 Å². The van der Waals surface area contributed by atoms with Crippen LogP contribution in [0.3, 0.4) is 0 Å². The minimum absolute atomic E-state index is 0.177. The highest BCUT2D eigenvalue weighted by Crippen LogP contribution is 2.37. The van der Waals surface area contributed by atoms with Gasteiger partial charge in [-0.05, 0) is 42.2 Å². The Labute approximate surface area is 163 Å². The van der Waals surface area contributed by atoms with E-state index in [4.69, 9.17) is 0 Å². The molecule has 4 rings (SSSR count). The number of hydrogen-bond donors (Lipinski definition) is 2. The number of carbonyl (C=O) groups is 1. The van der Waals surface area contributed by atoms with Gasteiger partial charge in [-0.1, -0.05) is 24.3 Å². The molecule has 1 aliphatic rings. The third-order valence-corrected chi connectivity index (χ3v) is 5.36. The van der Waals surface area contributed by atoms with Crippen LogP contribution in [0.2, 0.25) is 0 Å². The van der Waals surface area contributed by atoms with Gasteiger partial charge in [-0.2, -0.15) is 13.2 Å². The van der Waals surface area contributed by atoms with Gasteiger partial charge in [0.15, 0.2) is 5.75 Å². The Hall–Kier alpha value is -3.29. The van der Waals surface area contributed by atoms with E-state index in [0.29, 0.717) is 29.3 Å². The van der Waals surface area contributed by atoms with Crippen molar-refractivity contribution in [2.75, 3.05) is 0 Å². The highest BCUT2D eigenvalue weighted by molar-refractivity contribution is 6.08. The van der Waals surface area contributed by atoms with Gasteiger partial charge < -0.3 is 15.0 Å². The number of carbonyl (C=O) groups excluding carboxylic acids is 1. The van der Waals surface area contributed by atoms with Crippen molar-refractivity contribution in [3.05, 3.63) is 75.1 Å². The fourth-order valence-electron chi connectivity index (χ4n) is 3.87. The number of hydrogen-bond acceptors (Lipinski definition) is 3.